The van der Waals surface area contributed by atoms with Crippen LogP contribution in [0.15, 0.2) is 25.3 Å². The Kier molecular flexibility index (Phi) is 5.84. The number of rotatable bonds is 7. The Morgan fingerprint density at radius 2 is 1.11 bits per heavy atom. The van der Waals surface area contributed by atoms with E-state index in [1.807, 2.05) is 0 Å². The molecule has 0 saturated heterocycles. The van der Waals surface area contributed by atoms with Crippen LogP contribution in [0, 0.1) is 0 Å². The molecule has 0 heterocycles. The number of ether oxygens (including phenoxy) is 2. The summed E-state index contributed by atoms with van der Waals surface area (Å²) < 4.78 is 8.56. The highest BCUT2D eigenvalue weighted by Crippen LogP contribution is 2.07. The molecule has 98 valence electrons. The van der Waals surface area contributed by atoms with Crippen molar-refractivity contribution >= 4 is 23.9 Å². The second-order valence-electron chi connectivity index (χ2n) is 2.80. The largest absolute Gasteiger partial charge is 0.478 e. The molecule has 0 aromatic rings. The van der Waals surface area contributed by atoms with Gasteiger partial charge in [-0.3, -0.25) is 0 Å². The molecule has 8 heteroatoms. The number of aliphatic carboxylic acids is 2. The monoisotopic (exact) mass is 258 g/mol. The van der Waals surface area contributed by atoms with Crippen LogP contribution in [0.2, 0.25) is 0 Å². The van der Waals surface area contributed by atoms with Crippen LogP contribution in [0.4, 0.5) is 0 Å². The van der Waals surface area contributed by atoms with Gasteiger partial charge >= 0.3 is 23.9 Å². The van der Waals surface area contributed by atoms with E-state index >= 15 is 0 Å². The number of carbonyl (C=O) groups excluding carboxylic acids is 2. The Hall–Kier alpha value is -2.64. The molecule has 0 aliphatic rings. The maximum absolute atomic E-state index is 10.9. The molecule has 0 fully saturated rings. The summed E-state index contributed by atoms with van der Waals surface area (Å²) in [6.45, 7) is 6.03. The molecule has 2 atom stereocenters. The van der Waals surface area contributed by atoms with Crippen molar-refractivity contribution in [1.29, 1.82) is 0 Å². The number of carboxylic acid groups (broad SMARTS) is 2. The molecule has 0 aliphatic carbocycles. The zero-order valence-electron chi connectivity index (χ0n) is 9.07. The van der Waals surface area contributed by atoms with Crippen molar-refractivity contribution in [2.75, 3.05) is 0 Å². The van der Waals surface area contributed by atoms with E-state index in [1.165, 1.54) is 0 Å². The molecule has 0 aromatic carbocycles. The van der Waals surface area contributed by atoms with Gasteiger partial charge in [0, 0.05) is 12.2 Å². The summed E-state index contributed by atoms with van der Waals surface area (Å²) in [4.78, 5) is 43.3. The molecule has 0 spiro atoms. The van der Waals surface area contributed by atoms with Gasteiger partial charge in [0.05, 0.1) is 0 Å². The number of hydrogen-bond acceptors (Lipinski definition) is 6. The van der Waals surface area contributed by atoms with Crippen LogP contribution < -0.4 is 0 Å². The molecular weight excluding hydrogens is 248 g/mol. The van der Waals surface area contributed by atoms with Crippen molar-refractivity contribution in [3.05, 3.63) is 25.3 Å². The molecule has 0 rings (SSSR count). The van der Waals surface area contributed by atoms with E-state index in [4.69, 9.17) is 10.2 Å². The van der Waals surface area contributed by atoms with Crippen LogP contribution in [0.1, 0.15) is 0 Å². The van der Waals surface area contributed by atoms with E-state index in [-0.39, 0.29) is 0 Å². The van der Waals surface area contributed by atoms with Gasteiger partial charge in [-0.1, -0.05) is 13.2 Å². The first-order valence-corrected chi connectivity index (χ1v) is 4.45. The Bertz CT molecular complexity index is 359. The minimum Gasteiger partial charge on any atom is -0.478 e. The minimum atomic E-state index is -2.18. The third-order valence-corrected chi connectivity index (χ3v) is 1.58. The van der Waals surface area contributed by atoms with Crippen LogP contribution in [0.3, 0.4) is 0 Å². The van der Waals surface area contributed by atoms with Gasteiger partial charge in [-0.05, 0) is 0 Å². The molecule has 0 amide bonds. The highest BCUT2D eigenvalue weighted by atomic mass is 16.6. The van der Waals surface area contributed by atoms with Crippen molar-refractivity contribution in [2.45, 2.75) is 12.2 Å². The first-order valence-electron chi connectivity index (χ1n) is 4.45. The minimum absolute atomic E-state index is 0.643. The highest BCUT2D eigenvalue weighted by molar-refractivity contribution is 5.91. The van der Waals surface area contributed by atoms with Crippen LogP contribution in [-0.2, 0) is 28.7 Å². The smallest absolute Gasteiger partial charge is 0.349 e. The Balaban J connectivity index is 5.10. The quantitative estimate of drug-likeness (QED) is 0.455. The average molecular weight is 258 g/mol. The number of carbonyl (C=O) groups is 4. The summed E-state index contributed by atoms with van der Waals surface area (Å²) in [5.74, 6) is -5.89. The standard InChI is InChI=1S/C10H10O8/c1-3-5(11)17-7(9(13)14)8(10(15)16)18-6(12)4-2/h3-4,7-8H,1-2H2,(H,13,14)(H,15,16). The first-order chi connectivity index (χ1) is 8.33. The Labute approximate surface area is 101 Å². The lowest BCUT2D eigenvalue weighted by atomic mass is 10.2. The average Bonchev–Trinajstić information content (AvgIpc) is 2.31. The van der Waals surface area contributed by atoms with E-state index in [2.05, 4.69) is 22.6 Å². The lowest BCUT2D eigenvalue weighted by Crippen LogP contribution is -2.45. The molecular formula is C10H10O8. The van der Waals surface area contributed by atoms with Gasteiger partial charge in [-0.15, -0.1) is 0 Å². The van der Waals surface area contributed by atoms with Gasteiger partial charge in [0.1, 0.15) is 0 Å². The molecule has 2 N–H and O–H groups in total. The van der Waals surface area contributed by atoms with Crippen LogP contribution in [-0.4, -0.2) is 46.3 Å². The van der Waals surface area contributed by atoms with Gasteiger partial charge in [-0.25, -0.2) is 19.2 Å². The van der Waals surface area contributed by atoms with Crippen molar-refractivity contribution in [3.8, 4) is 0 Å². The SMILES string of the molecule is C=CC(=O)OC(C(=O)O)C(OC(=O)C=C)C(=O)O. The summed E-state index contributed by atoms with van der Waals surface area (Å²) in [5.41, 5.74) is 0. The zero-order chi connectivity index (χ0) is 14.3. The fourth-order valence-electron chi connectivity index (χ4n) is 0.830. The predicted molar refractivity (Wildman–Crippen MR) is 55.4 cm³/mol. The number of hydrogen-bond donors (Lipinski definition) is 2. The maximum Gasteiger partial charge on any atom is 0.349 e. The lowest BCUT2D eigenvalue weighted by molar-refractivity contribution is -0.183. The first kappa shape index (κ1) is 15.4. The second-order valence-corrected chi connectivity index (χ2v) is 2.80. The van der Waals surface area contributed by atoms with E-state index in [0.717, 1.165) is 0 Å². The van der Waals surface area contributed by atoms with Crippen molar-refractivity contribution < 1.29 is 38.9 Å². The van der Waals surface area contributed by atoms with Gasteiger partial charge in [0.2, 0.25) is 12.2 Å². The normalized spacial score (nSPS) is 12.7. The lowest BCUT2D eigenvalue weighted by Gasteiger charge is -2.19. The van der Waals surface area contributed by atoms with Crippen molar-refractivity contribution in [2.24, 2.45) is 0 Å². The van der Waals surface area contributed by atoms with Gasteiger partial charge in [0.15, 0.2) is 0 Å². The highest BCUT2D eigenvalue weighted by Gasteiger charge is 2.39. The van der Waals surface area contributed by atoms with Crippen molar-refractivity contribution in [3.63, 3.8) is 0 Å². The topological polar surface area (TPSA) is 127 Å². The molecule has 0 saturated carbocycles. The summed E-state index contributed by atoms with van der Waals surface area (Å²) in [7, 11) is 0. The molecule has 0 radical (unpaired) electrons. The van der Waals surface area contributed by atoms with Gasteiger partial charge < -0.3 is 19.7 Å². The summed E-state index contributed by atoms with van der Waals surface area (Å²) >= 11 is 0. The fraction of sp³-hybridized carbons (Fsp3) is 0.200. The van der Waals surface area contributed by atoms with E-state index < -0.39 is 36.1 Å². The summed E-state index contributed by atoms with van der Waals surface area (Å²) in [5, 5.41) is 17.5. The molecule has 8 nitrogen and oxygen atoms in total. The van der Waals surface area contributed by atoms with E-state index in [9.17, 15) is 19.2 Å². The fourth-order valence-corrected chi connectivity index (χ4v) is 0.830. The van der Waals surface area contributed by atoms with Crippen LogP contribution in [0.5, 0.6) is 0 Å². The molecule has 18 heavy (non-hydrogen) atoms. The van der Waals surface area contributed by atoms with Gasteiger partial charge in [0.25, 0.3) is 0 Å². The second kappa shape index (κ2) is 6.84. The zero-order valence-corrected chi connectivity index (χ0v) is 9.07. The van der Waals surface area contributed by atoms with Crippen molar-refractivity contribution in [1.82, 2.24) is 0 Å². The molecule has 0 aliphatic heterocycles. The molecule has 0 bridgehead atoms. The molecule has 2 unspecified atom stereocenters. The molecule has 0 aromatic heterocycles. The van der Waals surface area contributed by atoms with E-state index in [1.54, 1.807) is 0 Å². The third kappa shape index (κ3) is 4.47. The summed E-state index contributed by atoms with van der Waals surface area (Å²) in [6, 6.07) is 0. The number of esters is 2. The number of carboxylic acids is 2. The van der Waals surface area contributed by atoms with Crippen LogP contribution in [0.25, 0.3) is 0 Å². The maximum atomic E-state index is 10.9. The van der Waals surface area contributed by atoms with Gasteiger partial charge in [-0.2, -0.15) is 0 Å². The Morgan fingerprint density at radius 1 is 0.833 bits per heavy atom. The third-order valence-electron chi connectivity index (χ3n) is 1.58. The predicted octanol–water partition coefficient (Wildman–Crippen LogP) is -0.649. The van der Waals surface area contributed by atoms with E-state index in [0.29, 0.717) is 12.2 Å². The Morgan fingerprint density at radius 3 is 1.28 bits per heavy atom. The van der Waals surface area contributed by atoms with Crippen LogP contribution >= 0.6 is 0 Å². The summed E-state index contributed by atoms with van der Waals surface area (Å²) in [6.07, 6.45) is -3.08.